The van der Waals surface area contributed by atoms with Gasteiger partial charge in [0, 0.05) is 10.0 Å². The van der Waals surface area contributed by atoms with E-state index in [0.717, 1.165) is 10.2 Å². The molecule has 1 amide bonds. The van der Waals surface area contributed by atoms with Gasteiger partial charge in [0.25, 0.3) is 5.91 Å². The van der Waals surface area contributed by atoms with Crippen LogP contribution in [0.4, 0.5) is 11.5 Å². The normalized spacial score (nSPS) is 10.1. The van der Waals surface area contributed by atoms with Gasteiger partial charge in [-0.2, -0.15) is 0 Å². The van der Waals surface area contributed by atoms with E-state index in [4.69, 9.17) is 5.21 Å². The molecular formula is C13H12BrN3O2. The number of hydrogen-bond donors (Lipinski definition) is 3. The Bertz CT molecular complexity index is 617. The minimum atomic E-state index is -0.286. The number of benzene rings is 1. The van der Waals surface area contributed by atoms with E-state index in [1.54, 1.807) is 30.3 Å². The third kappa shape index (κ3) is 3.30. The lowest BCUT2D eigenvalue weighted by Crippen LogP contribution is -2.13. The molecule has 1 aromatic carbocycles. The number of aromatic nitrogens is 1. The number of nitrogens with zero attached hydrogens (tertiary/aromatic N) is 1. The molecule has 0 spiro atoms. The lowest BCUT2D eigenvalue weighted by molar-refractivity contribution is 0.102. The third-order valence-corrected chi connectivity index (χ3v) is 3.35. The number of aryl methyl sites for hydroxylation is 1. The molecule has 0 unspecified atom stereocenters. The zero-order chi connectivity index (χ0) is 13.8. The highest BCUT2D eigenvalue weighted by atomic mass is 79.9. The van der Waals surface area contributed by atoms with Crippen molar-refractivity contribution in [3.63, 3.8) is 0 Å². The highest BCUT2D eigenvalue weighted by Crippen LogP contribution is 2.17. The Morgan fingerprint density at radius 2 is 2.11 bits per heavy atom. The van der Waals surface area contributed by atoms with Crippen LogP contribution in [0.5, 0.6) is 0 Å². The monoisotopic (exact) mass is 321 g/mol. The van der Waals surface area contributed by atoms with Crippen LogP contribution in [0.15, 0.2) is 40.9 Å². The Morgan fingerprint density at radius 3 is 2.79 bits per heavy atom. The highest BCUT2D eigenvalue weighted by Gasteiger charge is 2.08. The van der Waals surface area contributed by atoms with E-state index in [1.165, 1.54) is 0 Å². The quantitative estimate of drug-likeness (QED) is 0.759. The molecule has 0 aliphatic rings. The summed E-state index contributed by atoms with van der Waals surface area (Å²) in [6.07, 6.45) is 0. The minimum Gasteiger partial charge on any atom is -0.307 e. The molecular weight excluding hydrogens is 310 g/mol. The second kappa shape index (κ2) is 5.81. The Balaban J connectivity index is 2.18. The van der Waals surface area contributed by atoms with Crippen LogP contribution < -0.4 is 10.8 Å². The third-order valence-electron chi connectivity index (χ3n) is 2.52. The van der Waals surface area contributed by atoms with Crippen molar-refractivity contribution in [3.05, 3.63) is 52.1 Å². The number of amides is 1. The van der Waals surface area contributed by atoms with Gasteiger partial charge in [-0.1, -0.05) is 6.07 Å². The van der Waals surface area contributed by atoms with Gasteiger partial charge in [0.05, 0.1) is 11.4 Å². The van der Waals surface area contributed by atoms with Crippen LogP contribution >= 0.6 is 15.9 Å². The van der Waals surface area contributed by atoms with Crippen molar-refractivity contribution in [2.75, 3.05) is 10.8 Å². The van der Waals surface area contributed by atoms with Crippen LogP contribution in [0.25, 0.3) is 0 Å². The van der Waals surface area contributed by atoms with E-state index in [2.05, 4.69) is 26.2 Å². The summed E-state index contributed by atoms with van der Waals surface area (Å²) in [4.78, 5) is 16.2. The Morgan fingerprint density at radius 1 is 1.32 bits per heavy atom. The predicted octanol–water partition coefficient (Wildman–Crippen LogP) is 3.21. The number of halogens is 1. The standard InChI is InChI=1S/C13H12BrN3O2/c1-8-11(14)5-6-12(15-8)16-13(18)9-3-2-4-10(7-9)17-19/h2-7,17,19H,1H3,(H,15,16,18). The molecule has 3 N–H and O–H groups in total. The van der Waals surface area contributed by atoms with Gasteiger partial charge >= 0.3 is 0 Å². The average Bonchev–Trinajstić information content (AvgIpc) is 2.43. The van der Waals surface area contributed by atoms with Crippen LogP contribution in [0.2, 0.25) is 0 Å². The summed E-state index contributed by atoms with van der Waals surface area (Å²) in [5.41, 5.74) is 3.68. The molecule has 0 saturated heterocycles. The van der Waals surface area contributed by atoms with Gasteiger partial charge < -0.3 is 5.32 Å². The number of anilines is 2. The maximum absolute atomic E-state index is 12.0. The Labute approximate surface area is 118 Å². The molecule has 0 aliphatic carbocycles. The second-order valence-electron chi connectivity index (χ2n) is 3.91. The maximum atomic E-state index is 12.0. The minimum absolute atomic E-state index is 0.286. The first-order valence-corrected chi connectivity index (χ1v) is 6.34. The lowest BCUT2D eigenvalue weighted by Gasteiger charge is -2.07. The van der Waals surface area contributed by atoms with E-state index in [9.17, 15) is 4.79 Å². The zero-order valence-electron chi connectivity index (χ0n) is 10.1. The number of rotatable bonds is 3. The van der Waals surface area contributed by atoms with Gasteiger partial charge in [0.2, 0.25) is 0 Å². The number of carbonyl (C=O) groups is 1. The fraction of sp³-hybridized carbons (Fsp3) is 0.0769. The topological polar surface area (TPSA) is 74.2 Å². The largest absolute Gasteiger partial charge is 0.307 e. The van der Waals surface area contributed by atoms with Crippen LogP contribution in [0.1, 0.15) is 16.1 Å². The van der Waals surface area contributed by atoms with Crippen molar-refractivity contribution >= 4 is 33.3 Å². The first kappa shape index (κ1) is 13.5. The fourth-order valence-corrected chi connectivity index (χ4v) is 1.75. The summed E-state index contributed by atoms with van der Waals surface area (Å²) in [7, 11) is 0. The van der Waals surface area contributed by atoms with Gasteiger partial charge in [-0.25, -0.2) is 4.98 Å². The van der Waals surface area contributed by atoms with E-state index in [0.29, 0.717) is 17.1 Å². The molecule has 0 saturated carbocycles. The summed E-state index contributed by atoms with van der Waals surface area (Å²) in [6, 6.07) is 10.1. The zero-order valence-corrected chi connectivity index (χ0v) is 11.7. The van der Waals surface area contributed by atoms with E-state index in [1.807, 2.05) is 18.5 Å². The molecule has 0 radical (unpaired) electrons. The van der Waals surface area contributed by atoms with Crippen LogP contribution in [-0.2, 0) is 0 Å². The first-order valence-electron chi connectivity index (χ1n) is 5.55. The summed E-state index contributed by atoms with van der Waals surface area (Å²) >= 11 is 3.35. The molecule has 98 valence electrons. The fourth-order valence-electron chi connectivity index (χ4n) is 1.53. The summed E-state index contributed by atoms with van der Waals surface area (Å²) in [6.45, 7) is 1.84. The first-order chi connectivity index (χ1) is 9.10. The van der Waals surface area contributed by atoms with Gasteiger partial charge in [-0.15, -0.1) is 0 Å². The maximum Gasteiger partial charge on any atom is 0.256 e. The Kier molecular flexibility index (Phi) is 4.13. The second-order valence-corrected chi connectivity index (χ2v) is 4.76. The highest BCUT2D eigenvalue weighted by molar-refractivity contribution is 9.10. The molecule has 0 fully saturated rings. The predicted molar refractivity (Wildman–Crippen MR) is 76.5 cm³/mol. The molecule has 2 aromatic rings. The molecule has 5 nitrogen and oxygen atoms in total. The molecule has 6 heteroatoms. The molecule has 19 heavy (non-hydrogen) atoms. The van der Waals surface area contributed by atoms with Crippen molar-refractivity contribution in [1.29, 1.82) is 0 Å². The van der Waals surface area contributed by atoms with Crippen LogP contribution in [0, 0.1) is 6.92 Å². The summed E-state index contributed by atoms with van der Waals surface area (Å²) in [5.74, 6) is 0.194. The summed E-state index contributed by atoms with van der Waals surface area (Å²) in [5, 5.41) is 11.5. The molecule has 0 aliphatic heterocycles. The number of hydrogen-bond acceptors (Lipinski definition) is 4. The number of nitrogens with one attached hydrogen (secondary N) is 2. The van der Waals surface area contributed by atoms with Crippen LogP contribution in [-0.4, -0.2) is 16.1 Å². The number of pyridine rings is 1. The lowest BCUT2D eigenvalue weighted by atomic mass is 10.2. The molecule has 0 bridgehead atoms. The van der Waals surface area contributed by atoms with Crippen molar-refractivity contribution in [3.8, 4) is 0 Å². The average molecular weight is 322 g/mol. The van der Waals surface area contributed by atoms with Gasteiger partial charge in [-0.05, 0) is 53.2 Å². The van der Waals surface area contributed by atoms with Crippen molar-refractivity contribution in [2.24, 2.45) is 0 Å². The van der Waals surface area contributed by atoms with Crippen LogP contribution in [0.3, 0.4) is 0 Å². The van der Waals surface area contributed by atoms with Gasteiger partial charge in [-0.3, -0.25) is 15.5 Å². The molecule has 1 aromatic heterocycles. The number of carbonyl (C=O) groups excluding carboxylic acids is 1. The van der Waals surface area contributed by atoms with Gasteiger partial charge in [0.15, 0.2) is 0 Å². The van der Waals surface area contributed by atoms with E-state index >= 15 is 0 Å². The van der Waals surface area contributed by atoms with Crippen molar-refractivity contribution in [2.45, 2.75) is 6.92 Å². The van der Waals surface area contributed by atoms with E-state index < -0.39 is 0 Å². The molecule has 1 heterocycles. The van der Waals surface area contributed by atoms with Crippen molar-refractivity contribution < 1.29 is 10.0 Å². The molecule has 2 rings (SSSR count). The SMILES string of the molecule is Cc1nc(NC(=O)c2cccc(NO)c2)ccc1Br. The van der Waals surface area contributed by atoms with Gasteiger partial charge in [0.1, 0.15) is 5.82 Å². The smallest absolute Gasteiger partial charge is 0.256 e. The molecule has 0 atom stereocenters. The van der Waals surface area contributed by atoms with Crippen molar-refractivity contribution in [1.82, 2.24) is 4.98 Å². The summed E-state index contributed by atoms with van der Waals surface area (Å²) < 4.78 is 0.886. The van der Waals surface area contributed by atoms with E-state index in [-0.39, 0.29) is 5.91 Å². The Hall–Kier alpha value is -1.92.